The second-order valence-corrected chi connectivity index (χ2v) is 6.68. The van der Waals surface area contributed by atoms with E-state index < -0.39 is 28.6 Å². The maximum atomic E-state index is 12.9. The summed E-state index contributed by atoms with van der Waals surface area (Å²) in [7, 11) is 2.89. The van der Waals surface area contributed by atoms with E-state index in [1.165, 1.54) is 39.3 Å². The molecule has 2 amide bonds. The molecule has 0 spiro atoms. The molecule has 0 aromatic heterocycles. The van der Waals surface area contributed by atoms with Crippen molar-refractivity contribution in [2.75, 3.05) is 19.5 Å². The van der Waals surface area contributed by atoms with Crippen LogP contribution in [0.15, 0.2) is 41.5 Å². The first kappa shape index (κ1) is 24.0. The van der Waals surface area contributed by atoms with Crippen LogP contribution < -0.4 is 20.2 Å². The number of rotatable bonds is 7. The van der Waals surface area contributed by atoms with E-state index in [0.717, 1.165) is 12.1 Å². The second-order valence-electron chi connectivity index (χ2n) is 6.28. The number of nitrogens with zero attached hydrogens (tertiary/aromatic N) is 1. The molecule has 11 heteroatoms. The van der Waals surface area contributed by atoms with Gasteiger partial charge in [0.25, 0.3) is 5.91 Å². The van der Waals surface area contributed by atoms with Gasteiger partial charge in [0, 0.05) is 17.0 Å². The number of hydrogen-bond donors (Lipinski definition) is 2. The Labute approximate surface area is 181 Å². The number of nitrogens with one attached hydrogen (secondary N) is 2. The lowest BCUT2D eigenvalue weighted by Crippen LogP contribution is -2.21. The van der Waals surface area contributed by atoms with Gasteiger partial charge in [0.1, 0.15) is 0 Å². The van der Waals surface area contributed by atoms with E-state index >= 15 is 0 Å². The molecule has 2 aromatic rings. The molecule has 0 unspecified atom stereocenters. The highest BCUT2D eigenvalue weighted by Gasteiger charge is 2.33. The number of alkyl halides is 3. The molecule has 7 nitrogen and oxygen atoms in total. The van der Waals surface area contributed by atoms with Crippen LogP contribution in [-0.2, 0) is 11.0 Å². The minimum Gasteiger partial charge on any atom is -0.493 e. The van der Waals surface area contributed by atoms with Crippen molar-refractivity contribution in [3.8, 4) is 11.5 Å². The predicted octanol–water partition coefficient (Wildman–Crippen LogP) is 4.51. The molecule has 166 valence electrons. The van der Waals surface area contributed by atoms with Crippen LogP contribution in [0.5, 0.6) is 11.5 Å². The third kappa shape index (κ3) is 6.61. The number of hydrazone groups is 1. The van der Waals surface area contributed by atoms with E-state index in [2.05, 4.69) is 15.8 Å². The fraction of sp³-hybridized carbons (Fsp3) is 0.250. The third-order valence-corrected chi connectivity index (χ3v) is 4.30. The summed E-state index contributed by atoms with van der Waals surface area (Å²) in [5, 5.41) is 5.70. The Balaban J connectivity index is 1.99. The summed E-state index contributed by atoms with van der Waals surface area (Å²) in [6.07, 6.45) is -4.90. The molecule has 0 radical (unpaired) electrons. The highest BCUT2D eigenvalue weighted by Crippen LogP contribution is 2.36. The van der Waals surface area contributed by atoms with Crippen LogP contribution in [0, 0.1) is 0 Å². The number of methoxy groups -OCH3 is 2. The van der Waals surface area contributed by atoms with Crippen molar-refractivity contribution < 1.29 is 32.2 Å². The molecule has 0 saturated heterocycles. The largest absolute Gasteiger partial charge is 0.493 e. The molecular weight excluding hydrogens is 439 g/mol. The summed E-state index contributed by atoms with van der Waals surface area (Å²) in [4.78, 5) is 24.3. The number of amides is 2. The van der Waals surface area contributed by atoms with Gasteiger partial charge in [-0.2, -0.15) is 18.3 Å². The number of ether oxygens (including phenoxy) is 2. The van der Waals surface area contributed by atoms with Crippen molar-refractivity contribution in [1.82, 2.24) is 5.43 Å². The van der Waals surface area contributed by atoms with Gasteiger partial charge in [0.2, 0.25) is 5.91 Å². The van der Waals surface area contributed by atoms with Crippen molar-refractivity contribution in [2.24, 2.45) is 5.10 Å². The molecule has 2 aromatic carbocycles. The lowest BCUT2D eigenvalue weighted by molar-refractivity contribution is -0.137. The molecule has 2 rings (SSSR count). The Morgan fingerprint density at radius 1 is 1.06 bits per heavy atom. The Hall–Kier alpha value is -3.27. The fourth-order valence-electron chi connectivity index (χ4n) is 2.49. The minimum absolute atomic E-state index is 0.0658. The first-order chi connectivity index (χ1) is 14.5. The molecule has 0 aliphatic heterocycles. The van der Waals surface area contributed by atoms with Crippen molar-refractivity contribution in [2.45, 2.75) is 19.5 Å². The highest BCUT2D eigenvalue weighted by molar-refractivity contribution is 6.31. The highest BCUT2D eigenvalue weighted by atomic mass is 35.5. The van der Waals surface area contributed by atoms with E-state index in [9.17, 15) is 22.8 Å². The van der Waals surface area contributed by atoms with E-state index in [0.29, 0.717) is 11.5 Å². The number of benzene rings is 2. The zero-order chi connectivity index (χ0) is 23.2. The fourth-order valence-corrected chi connectivity index (χ4v) is 2.71. The molecule has 0 saturated carbocycles. The third-order valence-electron chi connectivity index (χ3n) is 3.97. The van der Waals surface area contributed by atoms with Crippen LogP contribution in [0.4, 0.5) is 18.9 Å². The second kappa shape index (κ2) is 10.2. The maximum absolute atomic E-state index is 12.9. The molecule has 0 atom stereocenters. The van der Waals surface area contributed by atoms with Gasteiger partial charge in [-0.25, -0.2) is 5.43 Å². The van der Waals surface area contributed by atoms with Crippen LogP contribution in [0.2, 0.25) is 5.02 Å². The Bertz CT molecular complexity index is 1010. The normalized spacial score (nSPS) is 11.6. The van der Waals surface area contributed by atoms with E-state index in [-0.39, 0.29) is 23.4 Å². The van der Waals surface area contributed by atoms with Crippen molar-refractivity contribution in [3.05, 3.63) is 52.5 Å². The van der Waals surface area contributed by atoms with Gasteiger partial charge >= 0.3 is 6.18 Å². The molecule has 0 aliphatic rings. The molecule has 0 bridgehead atoms. The summed E-state index contributed by atoms with van der Waals surface area (Å²) >= 11 is 5.55. The van der Waals surface area contributed by atoms with Gasteiger partial charge in [-0.3, -0.25) is 9.59 Å². The number of anilines is 1. The molecule has 0 fully saturated rings. The van der Waals surface area contributed by atoms with Crippen LogP contribution in [0.25, 0.3) is 0 Å². The number of carbonyl (C=O) groups excluding carboxylic acids is 2. The monoisotopic (exact) mass is 457 g/mol. The zero-order valence-electron chi connectivity index (χ0n) is 16.8. The Morgan fingerprint density at radius 3 is 2.35 bits per heavy atom. The van der Waals surface area contributed by atoms with Gasteiger partial charge in [-0.15, -0.1) is 0 Å². The van der Waals surface area contributed by atoms with E-state index in [1.54, 1.807) is 6.07 Å². The number of carbonyl (C=O) groups is 2. The van der Waals surface area contributed by atoms with Gasteiger partial charge in [0.05, 0.1) is 31.2 Å². The first-order valence-electron chi connectivity index (χ1n) is 8.77. The predicted molar refractivity (Wildman–Crippen MR) is 110 cm³/mol. The van der Waals surface area contributed by atoms with Crippen LogP contribution in [0.3, 0.4) is 0 Å². The molecule has 2 N–H and O–H groups in total. The molecule has 31 heavy (non-hydrogen) atoms. The van der Waals surface area contributed by atoms with E-state index in [4.69, 9.17) is 21.1 Å². The number of halogens is 4. The summed E-state index contributed by atoms with van der Waals surface area (Å²) in [6.45, 7) is 1.48. The summed E-state index contributed by atoms with van der Waals surface area (Å²) < 4.78 is 49.0. The number of hydrogen-bond acceptors (Lipinski definition) is 5. The van der Waals surface area contributed by atoms with Crippen LogP contribution in [0.1, 0.15) is 29.3 Å². The standard InChI is InChI=1S/C20H19ClF3N3O4/c1-11(26-27-19(29)12-4-7-16(30-2)17(9-12)31-3)8-18(28)25-13-5-6-15(21)14(10-13)20(22,23)24/h4-7,9-10H,8H2,1-3H3,(H,25,28)(H,27,29)/b26-11+. The quantitative estimate of drug-likeness (QED) is 0.473. The maximum Gasteiger partial charge on any atom is 0.417 e. The molecule has 0 heterocycles. The van der Waals surface area contributed by atoms with Crippen molar-refractivity contribution >= 4 is 34.8 Å². The molecular formula is C20H19ClF3N3O4. The topological polar surface area (TPSA) is 89.0 Å². The lowest BCUT2D eigenvalue weighted by Gasteiger charge is -2.12. The Morgan fingerprint density at radius 2 is 1.74 bits per heavy atom. The van der Waals surface area contributed by atoms with Gasteiger partial charge in [-0.1, -0.05) is 11.6 Å². The summed E-state index contributed by atoms with van der Waals surface area (Å²) in [5.74, 6) is -0.354. The van der Waals surface area contributed by atoms with Crippen LogP contribution >= 0.6 is 11.6 Å². The van der Waals surface area contributed by atoms with Gasteiger partial charge in [-0.05, 0) is 43.3 Å². The van der Waals surface area contributed by atoms with Crippen molar-refractivity contribution in [3.63, 3.8) is 0 Å². The lowest BCUT2D eigenvalue weighted by atomic mass is 10.2. The Kier molecular flexibility index (Phi) is 7.87. The van der Waals surface area contributed by atoms with Gasteiger partial charge in [0.15, 0.2) is 11.5 Å². The summed E-state index contributed by atoms with van der Waals surface area (Å²) in [6, 6.07) is 7.56. The molecule has 0 aliphatic carbocycles. The first-order valence-corrected chi connectivity index (χ1v) is 9.15. The zero-order valence-corrected chi connectivity index (χ0v) is 17.5. The average molecular weight is 458 g/mol. The minimum atomic E-state index is -4.65. The van der Waals surface area contributed by atoms with Crippen LogP contribution in [-0.4, -0.2) is 31.7 Å². The summed E-state index contributed by atoms with van der Waals surface area (Å²) in [5.41, 5.74) is 1.66. The van der Waals surface area contributed by atoms with Crippen molar-refractivity contribution in [1.29, 1.82) is 0 Å². The van der Waals surface area contributed by atoms with Gasteiger partial charge < -0.3 is 14.8 Å². The van der Waals surface area contributed by atoms with E-state index in [1.807, 2.05) is 0 Å². The smallest absolute Gasteiger partial charge is 0.417 e. The average Bonchev–Trinajstić information content (AvgIpc) is 2.71. The SMILES string of the molecule is COc1ccc(C(=O)N/N=C(\C)CC(=O)Nc2ccc(Cl)c(C(F)(F)F)c2)cc1OC.